The lowest BCUT2D eigenvalue weighted by atomic mass is 10.2. The second kappa shape index (κ2) is 8.96. The zero-order valence-corrected chi connectivity index (χ0v) is 17.9. The highest BCUT2D eigenvalue weighted by atomic mass is 32.2. The minimum atomic E-state index is -3.74. The Kier molecular flexibility index (Phi) is 6.37. The Morgan fingerprint density at radius 3 is 2.37 bits per heavy atom. The number of hydrogen-bond acceptors (Lipinski definition) is 5. The summed E-state index contributed by atoms with van der Waals surface area (Å²) in [6.45, 7) is 2.14. The van der Waals surface area contributed by atoms with Gasteiger partial charge in [0, 0.05) is 38.0 Å². The highest BCUT2D eigenvalue weighted by Gasteiger charge is 2.16. The van der Waals surface area contributed by atoms with E-state index in [0.29, 0.717) is 17.8 Å². The number of anilines is 2. The molecule has 0 radical (unpaired) electrons. The summed E-state index contributed by atoms with van der Waals surface area (Å²) in [5.41, 5.74) is 2.61. The Morgan fingerprint density at radius 1 is 1.00 bits per heavy atom. The van der Waals surface area contributed by atoms with Gasteiger partial charge in [0.2, 0.25) is 0 Å². The normalized spacial score (nSPS) is 11.0. The van der Waals surface area contributed by atoms with Gasteiger partial charge >= 0.3 is 0 Å². The number of benzene rings is 2. The molecule has 0 unspecified atom stereocenters. The minimum Gasteiger partial charge on any atom is -0.362 e. The van der Waals surface area contributed by atoms with Crippen LogP contribution in [-0.2, 0) is 16.6 Å². The number of carbonyl (C=O) groups excluding carboxylic acids is 1. The molecule has 0 aliphatic heterocycles. The van der Waals surface area contributed by atoms with Crippen molar-refractivity contribution in [1.29, 1.82) is 0 Å². The average Bonchev–Trinajstić information content (AvgIpc) is 2.74. The fourth-order valence-corrected chi connectivity index (χ4v) is 4.06. The first-order valence-electron chi connectivity index (χ1n) is 9.36. The van der Waals surface area contributed by atoms with Crippen LogP contribution in [0.25, 0.3) is 0 Å². The van der Waals surface area contributed by atoms with Crippen molar-refractivity contribution in [3.05, 3.63) is 83.6 Å². The molecule has 3 rings (SSSR count). The fourth-order valence-electron chi connectivity index (χ4n) is 2.93. The smallest absolute Gasteiger partial charge is 0.261 e. The van der Waals surface area contributed by atoms with Crippen LogP contribution >= 0.6 is 0 Å². The van der Waals surface area contributed by atoms with Crippen molar-refractivity contribution in [3.63, 3.8) is 0 Å². The van der Waals surface area contributed by atoms with Gasteiger partial charge in [-0.2, -0.15) is 0 Å². The number of para-hydroxylation sites is 1. The Balaban J connectivity index is 1.69. The molecule has 2 N–H and O–H groups in total. The third kappa shape index (κ3) is 4.96. The summed E-state index contributed by atoms with van der Waals surface area (Å²) in [7, 11) is 0.0292. The number of rotatable bonds is 7. The monoisotopic (exact) mass is 424 g/mol. The summed E-state index contributed by atoms with van der Waals surface area (Å²) < 4.78 is 27.8. The molecule has 0 atom stereocenters. The quantitative estimate of drug-likeness (QED) is 0.608. The van der Waals surface area contributed by atoms with E-state index < -0.39 is 10.0 Å². The first-order chi connectivity index (χ1) is 14.3. The van der Waals surface area contributed by atoms with Crippen molar-refractivity contribution >= 4 is 27.4 Å². The fraction of sp³-hybridized carbons (Fsp3) is 0.182. The van der Waals surface area contributed by atoms with Crippen molar-refractivity contribution in [3.8, 4) is 0 Å². The molecule has 0 aliphatic rings. The Bertz CT molecular complexity index is 1140. The van der Waals surface area contributed by atoms with Gasteiger partial charge in [-0.05, 0) is 48.9 Å². The predicted molar refractivity (Wildman–Crippen MR) is 118 cm³/mol. The van der Waals surface area contributed by atoms with E-state index in [1.165, 1.54) is 24.3 Å². The number of nitrogens with zero attached hydrogens (tertiary/aromatic N) is 2. The molecule has 1 heterocycles. The van der Waals surface area contributed by atoms with E-state index in [0.717, 1.165) is 16.9 Å². The van der Waals surface area contributed by atoms with Crippen LogP contribution in [0.3, 0.4) is 0 Å². The zero-order chi connectivity index (χ0) is 21.7. The van der Waals surface area contributed by atoms with Gasteiger partial charge in [-0.25, -0.2) is 13.4 Å². The molecule has 1 aromatic heterocycles. The lowest BCUT2D eigenvalue weighted by molar-refractivity contribution is 0.0951. The number of nitrogens with one attached hydrogen (secondary N) is 2. The molecule has 0 saturated carbocycles. The van der Waals surface area contributed by atoms with Gasteiger partial charge in [-0.1, -0.05) is 24.3 Å². The molecule has 0 fully saturated rings. The molecule has 156 valence electrons. The maximum atomic E-state index is 12.6. The molecule has 2 aromatic carbocycles. The lowest BCUT2D eigenvalue weighted by Gasteiger charge is -2.16. The molecule has 0 aliphatic carbocycles. The minimum absolute atomic E-state index is 0.0875. The van der Waals surface area contributed by atoms with Gasteiger partial charge in [-0.15, -0.1) is 0 Å². The standard InChI is InChI=1S/C22H24N4O3S/c1-16-7-4-5-9-20(16)25-30(28,29)19-12-10-17(11-13-19)22(27)24-15-18-8-6-14-23-21(18)26(2)3/h4-14,25H,15H2,1-3H3,(H,24,27). The third-order valence-corrected chi connectivity index (χ3v) is 5.93. The second-order valence-electron chi connectivity index (χ2n) is 7.01. The lowest BCUT2D eigenvalue weighted by Crippen LogP contribution is -2.24. The summed E-state index contributed by atoms with van der Waals surface area (Å²) >= 11 is 0. The van der Waals surface area contributed by atoms with Gasteiger partial charge < -0.3 is 10.2 Å². The SMILES string of the molecule is Cc1ccccc1NS(=O)(=O)c1ccc(C(=O)NCc2cccnc2N(C)C)cc1. The summed E-state index contributed by atoms with van der Waals surface area (Å²) in [5, 5.41) is 2.85. The van der Waals surface area contributed by atoms with Crippen molar-refractivity contribution < 1.29 is 13.2 Å². The van der Waals surface area contributed by atoms with Crippen LogP contribution in [0, 0.1) is 6.92 Å². The van der Waals surface area contributed by atoms with E-state index in [9.17, 15) is 13.2 Å². The molecule has 7 nitrogen and oxygen atoms in total. The summed E-state index contributed by atoms with van der Waals surface area (Å²) in [6.07, 6.45) is 1.70. The maximum absolute atomic E-state index is 12.6. The number of amides is 1. The van der Waals surface area contributed by atoms with Crippen LogP contribution in [0.1, 0.15) is 21.5 Å². The average molecular weight is 425 g/mol. The van der Waals surface area contributed by atoms with Crippen molar-refractivity contribution in [2.75, 3.05) is 23.7 Å². The molecule has 30 heavy (non-hydrogen) atoms. The van der Waals surface area contributed by atoms with Crippen LogP contribution in [0.15, 0.2) is 71.8 Å². The molecule has 0 saturated heterocycles. The number of sulfonamides is 1. The third-order valence-electron chi connectivity index (χ3n) is 4.55. The highest BCUT2D eigenvalue weighted by Crippen LogP contribution is 2.20. The highest BCUT2D eigenvalue weighted by molar-refractivity contribution is 7.92. The molecular formula is C22H24N4O3S. The second-order valence-corrected chi connectivity index (χ2v) is 8.69. The van der Waals surface area contributed by atoms with E-state index in [-0.39, 0.29) is 10.8 Å². The first kappa shape index (κ1) is 21.3. The number of hydrogen-bond donors (Lipinski definition) is 2. The maximum Gasteiger partial charge on any atom is 0.261 e. The van der Waals surface area contributed by atoms with Crippen LogP contribution < -0.4 is 14.9 Å². The molecule has 8 heteroatoms. The predicted octanol–water partition coefficient (Wildman–Crippen LogP) is 3.19. The van der Waals surface area contributed by atoms with E-state index in [4.69, 9.17) is 0 Å². The van der Waals surface area contributed by atoms with Crippen molar-refractivity contribution in [2.24, 2.45) is 0 Å². The van der Waals surface area contributed by atoms with Gasteiger partial charge in [0.1, 0.15) is 5.82 Å². The molecule has 0 spiro atoms. The number of aromatic nitrogens is 1. The Morgan fingerprint density at radius 2 is 1.70 bits per heavy atom. The molecule has 3 aromatic rings. The van der Waals surface area contributed by atoms with Crippen LogP contribution in [0.2, 0.25) is 0 Å². The van der Waals surface area contributed by atoms with Gasteiger partial charge in [0.25, 0.3) is 15.9 Å². The number of pyridine rings is 1. The first-order valence-corrected chi connectivity index (χ1v) is 10.8. The summed E-state index contributed by atoms with van der Waals surface area (Å²) in [6, 6.07) is 16.7. The molecule has 1 amide bonds. The summed E-state index contributed by atoms with van der Waals surface area (Å²) in [4.78, 5) is 18.8. The van der Waals surface area contributed by atoms with Gasteiger partial charge in [0.05, 0.1) is 10.6 Å². The van der Waals surface area contributed by atoms with Gasteiger partial charge in [-0.3, -0.25) is 9.52 Å². The van der Waals surface area contributed by atoms with Gasteiger partial charge in [0.15, 0.2) is 0 Å². The topological polar surface area (TPSA) is 91.4 Å². The van der Waals surface area contributed by atoms with E-state index in [2.05, 4.69) is 15.0 Å². The Labute approximate surface area is 176 Å². The number of aryl methyl sites for hydroxylation is 1. The van der Waals surface area contributed by atoms with E-state index in [1.807, 2.05) is 50.2 Å². The molecule has 0 bridgehead atoms. The number of carbonyl (C=O) groups is 1. The van der Waals surface area contributed by atoms with Crippen molar-refractivity contribution in [2.45, 2.75) is 18.4 Å². The van der Waals surface area contributed by atoms with Crippen LogP contribution in [-0.4, -0.2) is 33.4 Å². The van der Waals surface area contributed by atoms with Crippen LogP contribution in [0.4, 0.5) is 11.5 Å². The largest absolute Gasteiger partial charge is 0.362 e. The molecular weight excluding hydrogens is 400 g/mol. The van der Waals surface area contributed by atoms with Crippen molar-refractivity contribution in [1.82, 2.24) is 10.3 Å². The Hall–Kier alpha value is -3.39. The van der Waals surface area contributed by atoms with Crippen LogP contribution in [0.5, 0.6) is 0 Å². The van der Waals surface area contributed by atoms with E-state index >= 15 is 0 Å². The van der Waals surface area contributed by atoms with E-state index in [1.54, 1.807) is 18.3 Å². The zero-order valence-electron chi connectivity index (χ0n) is 17.1. The summed E-state index contributed by atoms with van der Waals surface area (Å²) in [5.74, 6) is 0.487.